The lowest BCUT2D eigenvalue weighted by atomic mass is 10.0. The Labute approximate surface area is 129 Å². The fourth-order valence-corrected chi connectivity index (χ4v) is 2.78. The summed E-state index contributed by atoms with van der Waals surface area (Å²) >= 11 is 9.66. The SMILES string of the molecule is Cn1nc(-c2ccoc2Br)c(-c2ccccc2Cl)c1N. The van der Waals surface area contributed by atoms with Gasteiger partial charge in [-0.15, -0.1) is 0 Å². The number of nitrogens with two attached hydrogens (primary N) is 1. The Morgan fingerprint density at radius 1 is 1.25 bits per heavy atom. The van der Waals surface area contributed by atoms with Crippen LogP contribution in [0.3, 0.4) is 0 Å². The Hall–Kier alpha value is -1.72. The molecule has 0 aliphatic carbocycles. The van der Waals surface area contributed by atoms with Crippen LogP contribution >= 0.6 is 27.5 Å². The van der Waals surface area contributed by atoms with Crippen LogP contribution in [-0.2, 0) is 7.05 Å². The first kappa shape index (κ1) is 13.3. The molecule has 0 saturated heterocycles. The molecule has 3 rings (SSSR count). The van der Waals surface area contributed by atoms with Gasteiger partial charge in [-0.3, -0.25) is 4.68 Å². The summed E-state index contributed by atoms with van der Waals surface area (Å²) < 4.78 is 7.53. The molecule has 102 valence electrons. The smallest absolute Gasteiger partial charge is 0.178 e. The average molecular weight is 353 g/mol. The lowest BCUT2D eigenvalue weighted by molar-refractivity contribution is 0.542. The molecule has 6 heteroatoms. The molecule has 0 amide bonds. The van der Waals surface area contributed by atoms with Crippen LogP contribution in [0.1, 0.15) is 0 Å². The third-order valence-corrected chi connectivity index (χ3v) is 4.05. The highest BCUT2D eigenvalue weighted by atomic mass is 79.9. The van der Waals surface area contributed by atoms with Gasteiger partial charge in [-0.05, 0) is 28.1 Å². The number of nitrogens with zero attached hydrogens (tertiary/aromatic N) is 2. The number of hydrogen-bond acceptors (Lipinski definition) is 3. The Morgan fingerprint density at radius 2 is 2.00 bits per heavy atom. The first-order chi connectivity index (χ1) is 9.59. The minimum atomic E-state index is 0.557. The van der Waals surface area contributed by atoms with E-state index in [4.69, 9.17) is 21.8 Å². The van der Waals surface area contributed by atoms with Crippen molar-refractivity contribution in [1.82, 2.24) is 9.78 Å². The fourth-order valence-electron chi connectivity index (χ4n) is 2.12. The second-order valence-electron chi connectivity index (χ2n) is 4.32. The largest absolute Gasteiger partial charge is 0.457 e. The van der Waals surface area contributed by atoms with E-state index in [1.807, 2.05) is 30.3 Å². The van der Waals surface area contributed by atoms with Crippen molar-refractivity contribution in [1.29, 1.82) is 0 Å². The lowest BCUT2D eigenvalue weighted by Crippen LogP contribution is -1.98. The van der Waals surface area contributed by atoms with Gasteiger partial charge < -0.3 is 10.2 Å². The molecule has 4 nitrogen and oxygen atoms in total. The van der Waals surface area contributed by atoms with Gasteiger partial charge in [0.15, 0.2) is 4.67 Å². The maximum atomic E-state index is 6.29. The van der Waals surface area contributed by atoms with Gasteiger partial charge in [0.25, 0.3) is 0 Å². The number of benzene rings is 1. The molecule has 0 aliphatic rings. The molecule has 2 aromatic heterocycles. The summed E-state index contributed by atoms with van der Waals surface area (Å²) in [5, 5.41) is 5.11. The molecule has 2 N–H and O–H groups in total. The lowest BCUT2D eigenvalue weighted by Gasteiger charge is -2.05. The molecule has 0 fully saturated rings. The zero-order chi connectivity index (χ0) is 14.3. The number of furan rings is 1. The predicted molar refractivity (Wildman–Crippen MR) is 83.5 cm³/mol. The van der Waals surface area contributed by atoms with E-state index in [1.165, 1.54) is 0 Å². The van der Waals surface area contributed by atoms with Crippen LogP contribution in [0.2, 0.25) is 5.02 Å². The second kappa shape index (κ2) is 5.00. The summed E-state index contributed by atoms with van der Waals surface area (Å²) in [4.78, 5) is 0. The van der Waals surface area contributed by atoms with Gasteiger partial charge >= 0.3 is 0 Å². The van der Waals surface area contributed by atoms with Crippen LogP contribution in [0, 0.1) is 0 Å². The molecular weight excluding hydrogens is 342 g/mol. The van der Waals surface area contributed by atoms with Crippen LogP contribution in [0.5, 0.6) is 0 Å². The highest BCUT2D eigenvalue weighted by Crippen LogP contribution is 2.41. The van der Waals surface area contributed by atoms with E-state index < -0.39 is 0 Å². The van der Waals surface area contributed by atoms with Gasteiger partial charge in [0, 0.05) is 17.6 Å². The molecule has 2 heterocycles. The number of anilines is 1. The average Bonchev–Trinajstić information content (AvgIpc) is 2.96. The van der Waals surface area contributed by atoms with Crippen LogP contribution in [0.25, 0.3) is 22.4 Å². The van der Waals surface area contributed by atoms with E-state index in [9.17, 15) is 0 Å². The van der Waals surface area contributed by atoms with E-state index in [2.05, 4.69) is 21.0 Å². The Balaban J connectivity index is 2.31. The molecule has 1 aromatic carbocycles. The number of nitrogen functional groups attached to an aromatic ring is 1. The molecule has 0 unspecified atom stereocenters. The third kappa shape index (κ3) is 2.03. The Bertz CT molecular complexity index is 779. The van der Waals surface area contributed by atoms with Gasteiger partial charge in [0.05, 0.1) is 17.4 Å². The van der Waals surface area contributed by atoms with Gasteiger partial charge in [-0.25, -0.2) is 0 Å². The standard InChI is InChI=1S/C14H11BrClN3O/c1-19-14(17)11(8-4-2-3-5-10(8)16)12(18-19)9-6-7-20-13(9)15/h2-7H,17H2,1H3. The van der Waals surface area contributed by atoms with Crippen molar-refractivity contribution in [2.24, 2.45) is 7.05 Å². The van der Waals surface area contributed by atoms with Gasteiger partial charge in [0.2, 0.25) is 0 Å². The zero-order valence-corrected chi connectivity index (χ0v) is 12.9. The maximum absolute atomic E-state index is 6.29. The second-order valence-corrected chi connectivity index (χ2v) is 5.45. The van der Waals surface area contributed by atoms with Crippen molar-refractivity contribution in [2.45, 2.75) is 0 Å². The number of halogens is 2. The van der Waals surface area contributed by atoms with E-state index in [-0.39, 0.29) is 0 Å². The third-order valence-electron chi connectivity index (χ3n) is 3.11. The van der Waals surface area contributed by atoms with Crippen molar-refractivity contribution in [3.05, 3.63) is 46.3 Å². The molecule has 0 aliphatic heterocycles. The van der Waals surface area contributed by atoms with Crippen molar-refractivity contribution < 1.29 is 4.42 Å². The minimum Gasteiger partial charge on any atom is -0.457 e. The minimum absolute atomic E-state index is 0.557. The molecule has 0 radical (unpaired) electrons. The van der Waals surface area contributed by atoms with Crippen LogP contribution in [-0.4, -0.2) is 9.78 Å². The number of rotatable bonds is 2. The summed E-state index contributed by atoms with van der Waals surface area (Å²) in [7, 11) is 1.80. The normalized spacial score (nSPS) is 10.9. The molecule has 3 aromatic rings. The van der Waals surface area contributed by atoms with Gasteiger partial charge in [0.1, 0.15) is 11.5 Å². The topological polar surface area (TPSA) is 57.0 Å². The Morgan fingerprint density at radius 3 is 2.65 bits per heavy atom. The van der Waals surface area contributed by atoms with Crippen molar-refractivity contribution >= 4 is 33.3 Å². The summed E-state index contributed by atoms with van der Waals surface area (Å²) in [6.45, 7) is 0. The summed E-state index contributed by atoms with van der Waals surface area (Å²) in [5.74, 6) is 0.557. The first-order valence-electron chi connectivity index (χ1n) is 5.90. The molecule has 20 heavy (non-hydrogen) atoms. The molecule has 0 bridgehead atoms. The molecule has 0 atom stereocenters. The number of hydrogen-bond donors (Lipinski definition) is 1. The fraction of sp³-hybridized carbons (Fsp3) is 0.0714. The molecular formula is C14H11BrClN3O. The van der Waals surface area contributed by atoms with Gasteiger partial charge in [-0.1, -0.05) is 29.8 Å². The zero-order valence-electron chi connectivity index (χ0n) is 10.6. The van der Waals surface area contributed by atoms with Gasteiger partial charge in [-0.2, -0.15) is 5.10 Å². The van der Waals surface area contributed by atoms with E-state index in [0.29, 0.717) is 15.5 Å². The monoisotopic (exact) mass is 351 g/mol. The summed E-state index contributed by atoms with van der Waals surface area (Å²) in [6.07, 6.45) is 1.60. The molecule has 0 saturated carbocycles. The highest BCUT2D eigenvalue weighted by Gasteiger charge is 2.21. The number of aryl methyl sites for hydroxylation is 1. The van der Waals surface area contributed by atoms with E-state index in [1.54, 1.807) is 18.0 Å². The van der Waals surface area contributed by atoms with Crippen LogP contribution in [0.15, 0.2) is 45.7 Å². The number of aromatic nitrogens is 2. The summed E-state index contributed by atoms with van der Waals surface area (Å²) in [5.41, 5.74) is 9.39. The van der Waals surface area contributed by atoms with E-state index in [0.717, 1.165) is 22.4 Å². The van der Waals surface area contributed by atoms with Crippen molar-refractivity contribution in [2.75, 3.05) is 5.73 Å². The van der Waals surface area contributed by atoms with Crippen molar-refractivity contribution in [3.63, 3.8) is 0 Å². The quantitative estimate of drug-likeness (QED) is 0.746. The maximum Gasteiger partial charge on any atom is 0.178 e. The van der Waals surface area contributed by atoms with Crippen LogP contribution in [0.4, 0.5) is 5.82 Å². The van der Waals surface area contributed by atoms with Crippen molar-refractivity contribution in [3.8, 4) is 22.4 Å². The Kier molecular flexibility index (Phi) is 3.31. The first-order valence-corrected chi connectivity index (χ1v) is 7.07. The van der Waals surface area contributed by atoms with E-state index >= 15 is 0 Å². The summed E-state index contributed by atoms with van der Waals surface area (Å²) in [6, 6.07) is 9.39. The predicted octanol–water partition coefficient (Wildman–Crippen LogP) is 4.35. The van der Waals surface area contributed by atoms with Crippen LogP contribution < -0.4 is 5.73 Å². The molecule has 0 spiro atoms. The highest BCUT2D eigenvalue weighted by molar-refractivity contribution is 9.10.